The van der Waals surface area contributed by atoms with Gasteiger partial charge in [0.25, 0.3) is 5.91 Å². The quantitative estimate of drug-likeness (QED) is 0.796. The lowest BCUT2D eigenvalue weighted by molar-refractivity contribution is 0.0949. The van der Waals surface area contributed by atoms with Crippen molar-refractivity contribution in [2.45, 2.75) is 13.0 Å². The zero-order chi connectivity index (χ0) is 12.1. The van der Waals surface area contributed by atoms with E-state index in [1.165, 1.54) is 18.2 Å². The van der Waals surface area contributed by atoms with E-state index in [0.29, 0.717) is 15.7 Å². The van der Waals surface area contributed by atoms with Crippen molar-refractivity contribution in [2.75, 3.05) is 13.6 Å². The van der Waals surface area contributed by atoms with Crippen LogP contribution in [0.2, 0.25) is 0 Å². The van der Waals surface area contributed by atoms with Gasteiger partial charge in [0, 0.05) is 16.2 Å². The highest BCUT2D eigenvalue weighted by Crippen LogP contribution is 2.13. The fraction of sp³-hybridized carbons (Fsp3) is 0.364. The lowest BCUT2D eigenvalue weighted by Gasteiger charge is -2.12. The van der Waals surface area contributed by atoms with Crippen molar-refractivity contribution in [2.24, 2.45) is 0 Å². The van der Waals surface area contributed by atoms with Gasteiger partial charge in [0.05, 0.1) is 5.56 Å². The standard InChI is InChI=1S/C11H14FIN2O.ClH/c1-7(14-2)6-15-11(16)9-4-3-8(12)5-10(9)13;/h3-5,7,14H,6H2,1-2H3,(H,15,16);1H. The molecule has 3 nitrogen and oxygen atoms in total. The zero-order valence-electron chi connectivity index (χ0n) is 9.59. The van der Waals surface area contributed by atoms with Gasteiger partial charge in [-0.3, -0.25) is 4.79 Å². The predicted octanol–water partition coefficient (Wildman–Crippen LogP) is 2.19. The molecule has 0 heterocycles. The first-order valence-corrected chi connectivity index (χ1v) is 6.03. The highest BCUT2D eigenvalue weighted by atomic mass is 127. The molecule has 0 aliphatic rings. The van der Waals surface area contributed by atoms with Crippen LogP contribution in [0, 0.1) is 9.39 Å². The Labute approximate surface area is 120 Å². The minimum atomic E-state index is -0.329. The zero-order valence-corrected chi connectivity index (χ0v) is 12.6. The van der Waals surface area contributed by atoms with Crippen LogP contribution in [-0.2, 0) is 0 Å². The highest BCUT2D eigenvalue weighted by molar-refractivity contribution is 14.1. The van der Waals surface area contributed by atoms with E-state index in [2.05, 4.69) is 10.6 Å². The Morgan fingerprint density at radius 2 is 2.18 bits per heavy atom. The van der Waals surface area contributed by atoms with Gasteiger partial charge in [0.2, 0.25) is 0 Å². The molecule has 0 spiro atoms. The molecular weight excluding hydrogens is 357 g/mol. The SMILES string of the molecule is CNC(C)CNC(=O)c1ccc(F)cc1I.Cl. The Morgan fingerprint density at radius 3 is 2.71 bits per heavy atom. The maximum absolute atomic E-state index is 12.8. The van der Waals surface area contributed by atoms with Crippen LogP contribution in [0.5, 0.6) is 0 Å². The second-order valence-corrected chi connectivity index (χ2v) is 4.69. The number of rotatable bonds is 4. The van der Waals surface area contributed by atoms with Gasteiger partial charge < -0.3 is 10.6 Å². The molecule has 1 unspecified atom stereocenters. The number of hydrogen-bond donors (Lipinski definition) is 2. The predicted molar refractivity (Wildman–Crippen MR) is 77.2 cm³/mol. The molecule has 0 fully saturated rings. The largest absolute Gasteiger partial charge is 0.350 e. The van der Waals surface area contributed by atoms with E-state index in [1.807, 2.05) is 36.6 Å². The Hall–Kier alpha value is -0.400. The van der Waals surface area contributed by atoms with Crippen molar-refractivity contribution in [3.63, 3.8) is 0 Å². The van der Waals surface area contributed by atoms with Crippen LogP contribution in [0.25, 0.3) is 0 Å². The molecule has 96 valence electrons. The van der Waals surface area contributed by atoms with E-state index >= 15 is 0 Å². The fourth-order valence-electron chi connectivity index (χ4n) is 1.12. The Kier molecular flexibility index (Phi) is 7.65. The number of halogens is 3. The van der Waals surface area contributed by atoms with Crippen molar-refractivity contribution in [3.8, 4) is 0 Å². The number of carbonyl (C=O) groups excluding carboxylic acids is 1. The van der Waals surface area contributed by atoms with Crippen LogP contribution in [-0.4, -0.2) is 25.5 Å². The van der Waals surface area contributed by atoms with Crippen LogP contribution in [0.15, 0.2) is 18.2 Å². The molecule has 17 heavy (non-hydrogen) atoms. The van der Waals surface area contributed by atoms with Gasteiger partial charge >= 0.3 is 0 Å². The molecule has 6 heteroatoms. The number of amides is 1. The summed E-state index contributed by atoms with van der Waals surface area (Å²) in [7, 11) is 1.83. The first-order valence-electron chi connectivity index (χ1n) is 4.95. The summed E-state index contributed by atoms with van der Waals surface area (Å²) >= 11 is 1.95. The summed E-state index contributed by atoms with van der Waals surface area (Å²) in [6, 6.07) is 4.34. The monoisotopic (exact) mass is 372 g/mol. The highest BCUT2D eigenvalue weighted by Gasteiger charge is 2.10. The number of likely N-dealkylation sites (N-methyl/N-ethyl adjacent to an activating group) is 1. The van der Waals surface area contributed by atoms with Crippen LogP contribution >= 0.6 is 35.0 Å². The lowest BCUT2D eigenvalue weighted by Crippen LogP contribution is -2.37. The summed E-state index contributed by atoms with van der Waals surface area (Å²) < 4.78 is 13.5. The minimum Gasteiger partial charge on any atom is -0.350 e. The molecular formula is C11H15ClFIN2O. The van der Waals surface area contributed by atoms with E-state index in [-0.39, 0.29) is 30.2 Å². The smallest absolute Gasteiger partial charge is 0.252 e. The summed E-state index contributed by atoms with van der Waals surface area (Å²) in [6.07, 6.45) is 0. The molecule has 1 amide bonds. The van der Waals surface area contributed by atoms with E-state index < -0.39 is 0 Å². The Morgan fingerprint density at radius 1 is 1.53 bits per heavy atom. The van der Waals surface area contributed by atoms with Crippen LogP contribution in [0.3, 0.4) is 0 Å². The van der Waals surface area contributed by atoms with Crippen LogP contribution in [0.4, 0.5) is 4.39 Å². The second-order valence-electron chi connectivity index (χ2n) is 3.52. The van der Waals surface area contributed by atoms with Gasteiger partial charge in [0.15, 0.2) is 0 Å². The first-order chi connectivity index (χ1) is 7.54. The minimum absolute atomic E-state index is 0. The van der Waals surface area contributed by atoms with Crippen LogP contribution in [0.1, 0.15) is 17.3 Å². The molecule has 0 aliphatic carbocycles. The normalized spacial score (nSPS) is 11.5. The van der Waals surface area contributed by atoms with Gasteiger partial charge in [-0.05, 0) is 54.8 Å². The molecule has 0 radical (unpaired) electrons. The third-order valence-electron chi connectivity index (χ3n) is 2.24. The molecule has 0 aromatic heterocycles. The molecule has 1 rings (SSSR count). The second kappa shape index (κ2) is 7.84. The van der Waals surface area contributed by atoms with Gasteiger partial charge in [0.1, 0.15) is 5.82 Å². The molecule has 2 N–H and O–H groups in total. The molecule has 1 aromatic rings. The fourth-order valence-corrected chi connectivity index (χ4v) is 1.84. The molecule has 0 aliphatic heterocycles. The number of benzene rings is 1. The van der Waals surface area contributed by atoms with Gasteiger partial charge in [-0.15, -0.1) is 12.4 Å². The third-order valence-corrected chi connectivity index (χ3v) is 3.13. The van der Waals surface area contributed by atoms with Crippen molar-refractivity contribution in [1.29, 1.82) is 0 Å². The molecule has 0 bridgehead atoms. The van der Waals surface area contributed by atoms with Gasteiger partial charge in [-0.1, -0.05) is 0 Å². The molecule has 1 atom stereocenters. The Bertz CT molecular complexity index is 390. The van der Waals surface area contributed by atoms with Gasteiger partial charge in [-0.2, -0.15) is 0 Å². The topological polar surface area (TPSA) is 41.1 Å². The van der Waals surface area contributed by atoms with E-state index in [0.717, 1.165) is 0 Å². The maximum atomic E-state index is 12.8. The third kappa shape index (κ3) is 5.18. The summed E-state index contributed by atoms with van der Waals surface area (Å²) in [5, 5.41) is 5.80. The molecule has 0 saturated heterocycles. The van der Waals surface area contributed by atoms with E-state index in [9.17, 15) is 9.18 Å². The lowest BCUT2D eigenvalue weighted by atomic mass is 10.2. The number of nitrogens with one attached hydrogen (secondary N) is 2. The van der Waals surface area contributed by atoms with E-state index in [4.69, 9.17) is 0 Å². The number of hydrogen-bond acceptors (Lipinski definition) is 2. The summed E-state index contributed by atoms with van der Waals surface area (Å²) in [5.41, 5.74) is 0.505. The van der Waals surface area contributed by atoms with E-state index in [1.54, 1.807) is 0 Å². The van der Waals surface area contributed by atoms with Crippen LogP contribution < -0.4 is 10.6 Å². The molecule has 1 aromatic carbocycles. The van der Waals surface area contributed by atoms with Gasteiger partial charge in [-0.25, -0.2) is 4.39 Å². The van der Waals surface area contributed by atoms with Crippen molar-refractivity contribution >= 4 is 40.9 Å². The summed E-state index contributed by atoms with van der Waals surface area (Å²) in [4.78, 5) is 11.7. The van der Waals surface area contributed by atoms with Crippen molar-refractivity contribution in [3.05, 3.63) is 33.1 Å². The summed E-state index contributed by atoms with van der Waals surface area (Å²) in [6.45, 7) is 2.51. The van der Waals surface area contributed by atoms with Crippen molar-refractivity contribution < 1.29 is 9.18 Å². The average Bonchev–Trinajstić information content (AvgIpc) is 2.25. The average molecular weight is 373 g/mol. The number of carbonyl (C=O) groups is 1. The summed E-state index contributed by atoms with van der Waals surface area (Å²) in [5.74, 6) is -0.504. The van der Waals surface area contributed by atoms with Crippen molar-refractivity contribution in [1.82, 2.24) is 10.6 Å². The molecule has 0 saturated carbocycles. The first kappa shape index (κ1) is 16.6. The maximum Gasteiger partial charge on any atom is 0.252 e. The Balaban J connectivity index is 0.00000256.